The molecule has 3 nitrogen and oxygen atoms in total. The summed E-state index contributed by atoms with van der Waals surface area (Å²) >= 11 is 3.61. The van der Waals surface area contributed by atoms with E-state index in [9.17, 15) is 0 Å². The first-order valence-electron chi connectivity index (χ1n) is 7.79. The first-order valence-corrected chi connectivity index (χ1v) is 8.58. The largest absolute Gasteiger partial charge is 0.490 e. The van der Waals surface area contributed by atoms with Gasteiger partial charge in [0, 0.05) is 12.6 Å². The highest BCUT2D eigenvalue weighted by atomic mass is 79.9. The Bertz CT molecular complexity index is 435. The third kappa shape index (κ3) is 6.27. The SMILES string of the molecule is CCOc1cc(CNC(C)C)cc(Br)c1OCC(C)CC. The molecule has 0 saturated heterocycles. The summed E-state index contributed by atoms with van der Waals surface area (Å²) in [6.45, 7) is 12.8. The molecule has 0 aliphatic rings. The Hall–Kier alpha value is -0.740. The van der Waals surface area contributed by atoms with Crippen molar-refractivity contribution in [2.75, 3.05) is 13.2 Å². The molecule has 21 heavy (non-hydrogen) atoms. The van der Waals surface area contributed by atoms with E-state index in [0.29, 0.717) is 25.2 Å². The van der Waals surface area contributed by atoms with Gasteiger partial charge in [-0.3, -0.25) is 0 Å². The summed E-state index contributed by atoms with van der Waals surface area (Å²) in [7, 11) is 0. The molecular weight excluding hydrogens is 330 g/mol. The van der Waals surface area contributed by atoms with E-state index in [1.807, 2.05) is 6.92 Å². The Labute approximate surface area is 137 Å². The average Bonchev–Trinajstić information content (AvgIpc) is 2.44. The topological polar surface area (TPSA) is 30.5 Å². The van der Waals surface area contributed by atoms with Crippen LogP contribution in [0.5, 0.6) is 11.5 Å². The summed E-state index contributed by atoms with van der Waals surface area (Å²) in [5.41, 5.74) is 1.19. The van der Waals surface area contributed by atoms with Crippen molar-refractivity contribution in [3.63, 3.8) is 0 Å². The first kappa shape index (κ1) is 18.3. The lowest BCUT2D eigenvalue weighted by Crippen LogP contribution is -2.21. The van der Waals surface area contributed by atoms with E-state index in [0.717, 1.165) is 28.9 Å². The molecule has 0 heterocycles. The second kappa shape index (κ2) is 9.31. The molecule has 0 bridgehead atoms. The van der Waals surface area contributed by atoms with Gasteiger partial charge in [-0.15, -0.1) is 0 Å². The number of ether oxygens (including phenoxy) is 2. The van der Waals surface area contributed by atoms with Crippen LogP contribution in [0.2, 0.25) is 0 Å². The second-order valence-electron chi connectivity index (χ2n) is 5.70. The van der Waals surface area contributed by atoms with Crippen LogP contribution in [0, 0.1) is 5.92 Å². The van der Waals surface area contributed by atoms with Crippen molar-refractivity contribution in [2.24, 2.45) is 5.92 Å². The number of hydrogen-bond acceptors (Lipinski definition) is 3. The summed E-state index contributed by atoms with van der Waals surface area (Å²) in [6.07, 6.45) is 1.11. The maximum Gasteiger partial charge on any atom is 0.175 e. The molecule has 0 saturated carbocycles. The molecule has 1 aromatic rings. The molecule has 1 rings (SSSR count). The minimum Gasteiger partial charge on any atom is -0.490 e. The van der Waals surface area contributed by atoms with Crippen LogP contribution in [0.1, 0.15) is 46.6 Å². The second-order valence-corrected chi connectivity index (χ2v) is 6.55. The molecule has 0 aromatic heterocycles. The van der Waals surface area contributed by atoms with E-state index in [1.165, 1.54) is 5.56 Å². The minimum atomic E-state index is 0.459. The van der Waals surface area contributed by atoms with Crippen molar-refractivity contribution in [3.05, 3.63) is 22.2 Å². The van der Waals surface area contributed by atoms with Crippen molar-refractivity contribution in [1.29, 1.82) is 0 Å². The maximum absolute atomic E-state index is 5.96. The van der Waals surface area contributed by atoms with Crippen LogP contribution in [0.25, 0.3) is 0 Å². The van der Waals surface area contributed by atoms with E-state index < -0.39 is 0 Å². The summed E-state index contributed by atoms with van der Waals surface area (Å²) in [4.78, 5) is 0. The lowest BCUT2D eigenvalue weighted by Gasteiger charge is -2.18. The van der Waals surface area contributed by atoms with Crippen LogP contribution in [-0.4, -0.2) is 19.3 Å². The van der Waals surface area contributed by atoms with E-state index in [4.69, 9.17) is 9.47 Å². The number of nitrogens with one attached hydrogen (secondary N) is 1. The van der Waals surface area contributed by atoms with E-state index in [-0.39, 0.29) is 0 Å². The van der Waals surface area contributed by atoms with Gasteiger partial charge in [-0.2, -0.15) is 0 Å². The molecule has 4 heteroatoms. The van der Waals surface area contributed by atoms with Gasteiger partial charge in [0.25, 0.3) is 0 Å². The highest BCUT2D eigenvalue weighted by molar-refractivity contribution is 9.10. The van der Waals surface area contributed by atoms with Crippen LogP contribution in [0.4, 0.5) is 0 Å². The Morgan fingerprint density at radius 3 is 2.43 bits per heavy atom. The minimum absolute atomic E-state index is 0.459. The fourth-order valence-corrected chi connectivity index (χ4v) is 2.40. The van der Waals surface area contributed by atoms with E-state index in [1.54, 1.807) is 0 Å². The van der Waals surface area contributed by atoms with Gasteiger partial charge in [0.15, 0.2) is 11.5 Å². The normalized spacial score (nSPS) is 12.5. The molecule has 1 aromatic carbocycles. The first-order chi connectivity index (χ1) is 9.97. The molecule has 0 aliphatic carbocycles. The number of rotatable bonds is 9. The Morgan fingerprint density at radius 1 is 1.14 bits per heavy atom. The zero-order chi connectivity index (χ0) is 15.8. The number of halogens is 1. The van der Waals surface area contributed by atoms with Crippen LogP contribution < -0.4 is 14.8 Å². The van der Waals surface area contributed by atoms with Gasteiger partial charge in [-0.1, -0.05) is 34.1 Å². The van der Waals surface area contributed by atoms with Gasteiger partial charge in [0.1, 0.15) is 0 Å². The monoisotopic (exact) mass is 357 g/mol. The standard InChI is InChI=1S/C17H28BrNO2/c1-6-13(5)11-21-17-15(18)8-14(10-19-12(3)4)9-16(17)20-7-2/h8-9,12-13,19H,6-7,10-11H2,1-5H3. The molecule has 120 valence electrons. The highest BCUT2D eigenvalue weighted by Crippen LogP contribution is 2.37. The van der Waals surface area contributed by atoms with Crippen LogP contribution >= 0.6 is 15.9 Å². The van der Waals surface area contributed by atoms with Crippen molar-refractivity contribution in [3.8, 4) is 11.5 Å². The quantitative estimate of drug-likeness (QED) is 0.690. The molecule has 0 amide bonds. The van der Waals surface area contributed by atoms with E-state index in [2.05, 4.69) is 61.1 Å². The number of hydrogen-bond donors (Lipinski definition) is 1. The Kier molecular flexibility index (Phi) is 8.12. The molecule has 0 fully saturated rings. The Balaban J connectivity index is 2.90. The van der Waals surface area contributed by atoms with Crippen molar-refractivity contribution in [1.82, 2.24) is 5.32 Å². The molecule has 0 spiro atoms. The molecule has 1 N–H and O–H groups in total. The lowest BCUT2D eigenvalue weighted by molar-refractivity contribution is 0.236. The van der Waals surface area contributed by atoms with Gasteiger partial charge in [0.05, 0.1) is 17.7 Å². The fraction of sp³-hybridized carbons (Fsp3) is 0.647. The molecule has 0 radical (unpaired) electrons. The zero-order valence-electron chi connectivity index (χ0n) is 13.8. The Morgan fingerprint density at radius 2 is 1.86 bits per heavy atom. The van der Waals surface area contributed by atoms with E-state index >= 15 is 0 Å². The summed E-state index contributed by atoms with van der Waals surface area (Å²) in [6, 6.07) is 4.63. The van der Waals surface area contributed by atoms with Crippen LogP contribution in [0.3, 0.4) is 0 Å². The lowest BCUT2D eigenvalue weighted by atomic mass is 10.1. The molecule has 0 aliphatic heterocycles. The zero-order valence-corrected chi connectivity index (χ0v) is 15.4. The smallest absolute Gasteiger partial charge is 0.175 e. The third-order valence-electron chi connectivity index (χ3n) is 3.29. The molecular formula is C17H28BrNO2. The molecule has 1 atom stereocenters. The predicted molar refractivity (Wildman–Crippen MR) is 92.2 cm³/mol. The van der Waals surface area contributed by atoms with Crippen molar-refractivity contribution in [2.45, 2.75) is 53.6 Å². The van der Waals surface area contributed by atoms with Crippen LogP contribution in [-0.2, 0) is 6.54 Å². The van der Waals surface area contributed by atoms with Crippen molar-refractivity contribution < 1.29 is 9.47 Å². The predicted octanol–water partition coefficient (Wildman–Crippen LogP) is 4.77. The average molecular weight is 358 g/mol. The van der Waals surface area contributed by atoms with Crippen LogP contribution in [0.15, 0.2) is 16.6 Å². The highest BCUT2D eigenvalue weighted by Gasteiger charge is 2.13. The van der Waals surface area contributed by atoms with Gasteiger partial charge in [-0.05, 0) is 46.5 Å². The van der Waals surface area contributed by atoms with Crippen molar-refractivity contribution >= 4 is 15.9 Å². The third-order valence-corrected chi connectivity index (χ3v) is 3.88. The summed E-state index contributed by atoms with van der Waals surface area (Å²) in [5, 5.41) is 3.42. The fourth-order valence-electron chi connectivity index (χ4n) is 1.79. The summed E-state index contributed by atoms with van der Waals surface area (Å²) in [5.74, 6) is 2.16. The number of benzene rings is 1. The maximum atomic E-state index is 5.96. The summed E-state index contributed by atoms with van der Waals surface area (Å²) < 4.78 is 12.7. The van der Waals surface area contributed by atoms with Gasteiger partial charge in [-0.25, -0.2) is 0 Å². The molecule has 1 unspecified atom stereocenters. The van der Waals surface area contributed by atoms with Gasteiger partial charge >= 0.3 is 0 Å². The van der Waals surface area contributed by atoms with Gasteiger partial charge < -0.3 is 14.8 Å². The van der Waals surface area contributed by atoms with Gasteiger partial charge in [0.2, 0.25) is 0 Å².